The van der Waals surface area contributed by atoms with Gasteiger partial charge in [-0.05, 0) is 48.7 Å². The molecule has 0 spiro atoms. The molecule has 6 rings (SSSR count). The van der Waals surface area contributed by atoms with Crippen LogP contribution in [0.15, 0.2) is 48.5 Å². The topological polar surface area (TPSA) is 121 Å². The van der Waals surface area contributed by atoms with Crippen molar-refractivity contribution in [3.63, 3.8) is 0 Å². The number of Topliss-reactive ketones (excluding diaryl/α,β-unsaturated/α-hetero) is 1. The van der Waals surface area contributed by atoms with Crippen LogP contribution in [0.2, 0.25) is 0 Å². The van der Waals surface area contributed by atoms with Crippen LogP contribution in [0.5, 0.6) is 0 Å². The Bertz CT molecular complexity index is 1440. The van der Waals surface area contributed by atoms with Gasteiger partial charge in [0.05, 0.1) is 19.3 Å². The van der Waals surface area contributed by atoms with Crippen molar-refractivity contribution in [2.75, 3.05) is 49.6 Å². The molecule has 40 heavy (non-hydrogen) atoms. The van der Waals surface area contributed by atoms with Gasteiger partial charge in [0.2, 0.25) is 5.95 Å². The van der Waals surface area contributed by atoms with Crippen molar-refractivity contribution >= 4 is 35.1 Å². The number of ketones is 1. The molecular weight excluding hydrogens is 510 g/mol. The van der Waals surface area contributed by atoms with Gasteiger partial charge in [0.15, 0.2) is 17.3 Å². The molecular formula is C29H31N7O4. The molecule has 2 saturated heterocycles. The molecule has 3 aliphatic heterocycles. The minimum Gasteiger partial charge on any atom is -0.378 e. The number of carbonyl (C=O) groups excluding carboxylic acids is 3. The minimum atomic E-state index is -0.259. The number of anilines is 3. The predicted molar refractivity (Wildman–Crippen MR) is 148 cm³/mol. The maximum Gasteiger partial charge on any atom is 0.254 e. The van der Waals surface area contributed by atoms with Gasteiger partial charge in [-0.2, -0.15) is 4.98 Å². The SMILES string of the molecule is CC(=O)c1nnc(N2CCCC(N3Cc4ccccc4C3=O)C2)nc1Nc1ccc(C(=O)N2CCOCC2)cc1. The fourth-order valence-electron chi connectivity index (χ4n) is 5.52. The number of nitrogens with one attached hydrogen (secondary N) is 1. The number of ether oxygens (including phenoxy) is 1. The third kappa shape index (κ3) is 5.12. The molecule has 206 valence electrons. The van der Waals surface area contributed by atoms with Gasteiger partial charge in [0.25, 0.3) is 11.8 Å². The number of aromatic nitrogens is 3. The Labute approximate surface area is 232 Å². The van der Waals surface area contributed by atoms with Crippen molar-refractivity contribution in [2.45, 2.75) is 32.4 Å². The highest BCUT2D eigenvalue weighted by Gasteiger charge is 2.35. The Morgan fingerprint density at radius 2 is 1.77 bits per heavy atom. The van der Waals surface area contributed by atoms with E-state index in [1.807, 2.05) is 34.1 Å². The van der Waals surface area contributed by atoms with Gasteiger partial charge in [0, 0.05) is 56.5 Å². The van der Waals surface area contributed by atoms with Crippen molar-refractivity contribution in [3.05, 3.63) is 70.9 Å². The second kappa shape index (κ2) is 11.0. The molecule has 3 aromatic rings. The number of hydrogen-bond acceptors (Lipinski definition) is 9. The molecule has 3 aliphatic rings. The Hall–Kier alpha value is -4.38. The molecule has 11 heteroatoms. The smallest absolute Gasteiger partial charge is 0.254 e. The fourth-order valence-corrected chi connectivity index (χ4v) is 5.52. The van der Waals surface area contributed by atoms with E-state index in [2.05, 4.69) is 15.5 Å². The minimum absolute atomic E-state index is 0.0256. The van der Waals surface area contributed by atoms with Gasteiger partial charge in [-0.15, -0.1) is 10.2 Å². The second-order valence-electron chi connectivity index (χ2n) is 10.3. The van der Waals surface area contributed by atoms with Gasteiger partial charge >= 0.3 is 0 Å². The highest BCUT2D eigenvalue weighted by atomic mass is 16.5. The number of amides is 2. The fraction of sp³-hybridized carbons (Fsp3) is 0.379. The van der Waals surface area contributed by atoms with Gasteiger partial charge < -0.3 is 24.8 Å². The highest BCUT2D eigenvalue weighted by Crippen LogP contribution is 2.29. The van der Waals surface area contributed by atoms with Crippen LogP contribution in [0, 0.1) is 0 Å². The van der Waals surface area contributed by atoms with Crippen molar-refractivity contribution < 1.29 is 19.1 Å². The predicted octanol–water partition coefficient (Wildman–Crippen LogP) is 2.92. The van der Waals surface area contributed by atoms with E-state index in [4.69, 9.17) is 9.72 Å². The van der Waals surface area contributed by atoms with Crippen molar-refractivity contribution in [2.24, 2.45) is 0 Å². The lowest BCUT2D eigenvalue weighted by Crippen LogP contribution is -2.48. The average Bonchev–Trinajstić information content (AvgIpc) is 3.34. The normalized spacial score (nSPS) is 19.0. The third-order valence-corrected chi connectivity index (χ3v) is 7.67. The first-order valence-electron chi connectivity index (χ1n) is 13.6. The molecule has 1 unspecified atom stereocenters. The molecule has 1 N–H and O–H groups in total. The number of carbonyl (C=O) groups is 3. The van der Waals surface area contributed by atoms with E-state index in [1.54, 1.807) is 29.2 Å². The summed E-state index contributed by atoms with van der Waals surface area (Å²) in [5, 5.41) is 11.7. The summed E-state index contributed by atoms with van der Waals surface area (Å²) < 4.78 is 5.33. The Morgan fingerprint density at radius 3 is 2.52 bits per heavy atom. The molecule has 2 aromatic carbocycles. The van der Waals surface area contributed by atoms with Crippen LogP contribution in [-0.2, 0) is 11.3 Å². The quantitative estimate of drug-likeness (QED) is 0.470. The van der Waals surface area contributed by atoms with Gasteiger partial charge in [-0.25, -0.2) is 0 Å². The number of hydrogen-bond donors (Lipinski definition) is 1. The zero-order chi connectivity index (χ0) is 27.6. The summed E-state index contributed by atoms with van der Waals surface area (Å²) in [7, 11) is 0. The summed E-state index contributed by atoms with van der Waals surface area (Å²) in [5.74, 6) is 0.470. The lowest BCUT2D eigenvalue weighted by Gasteiger charge is -2.37. The molecule has 2 amide bonds. The number of benzene rings is 2. The first-order chi connectivity index (χ1) is 19.5. The molecule has 4 heterocycles. The summed E-state index contributed by atoms with van der Waals surface area (Å²) in [6.45, 7) is 5.58. The van der Waals surface area contributed by atoms with Gasteiger partial charge in [0.1, 0.15) is 0 Å². The highest BCUT2D eigenvalue weighted by molar-refractivity contribution is 5.99. The summed E-state index contributed by atoms with van der Waals surface area (Å²) in [6, 6.07) is 14.8. The molecule has 0 saturated carbocycles. The standard InChI is InChI=1S/C29H31N7O4/c1-19(37)25-26(30-22-10-8-20(9-11-22)27(38)34-13-15-40-16-14-34)31-29(33-32-25)35-12-4-6-23(18-35)36-17-21-5-2-3-7-24(21)28(36)39/h2-3,5,7-11,23H,4,6,12-18H2,1H3,(H,30,31,33). The maximum absolute atomic E-state index is 13.1. The van der Waals surface area contributed by atoms with E-state index in [1.165, 1.54) is 6.92 Å². The largest absolute Gasteiger partial charge is 0.378 e. The molecule has 2 fully saturated rings. The molecule has 11 nitrogen and oxygen atoms in total. The average molecular weight is 542 g/mol. The number of rotatable bonds is 6. The van der Waals surface area contributed by atoms with E-state index < -0.39 is 0 Å². The molecule has 0 aliphatic carbocycles. The van der Waals surface area contributed by atoms with Crippen LogP contribution in [0.4, 0.5) is 17.5 Å². The molecule has 0 radical (unpaired) electrons. The zero-order valence-corrected chi connectivity index (χ0v) is 22.4. The van der Waals surface area contributed by atoms with Gasteiger partial charge in [-0.3, -0.25) is 14.4 Å². The van der Waals surface area contributed by atoms with E-state index >= 15 is 0 Å². The van der Waals surface area contributed by atoms with Crippen LogP contribution in [0.25, 0.3) is 0 Å². The first-order valence-corrected chi connectivity index (χ1v) is 13.6. The Kier molecular flexibility index (Phi) is 7.12. The first kappa shape index (κ1) is 25.9. The summed E-state index contributed by atoms with van der Waals surface area (Å²) in [5.41, 5.74) is 3.21. The number of piperidine rings is 1. The second-order valence-corrected chi connectivity index (χ2v) is 10.3. The molecule has 0 bridgehead atoms. The van der Waals surface area contributed by atoms with E-state index in [0.717, 1.165) is 30.5 Å². The van der Waals surface area contributed by atoms with Crippen LogP contribution in [0.3, 0.4) is 0 Å². The van der Waals surface area contributed by atoms with Gasteiger partial charge in [-0.1, -0.05) is 18.2 Å². The summed E-state index contributed by atoms with van der Waals surface area (Å²) in [6.07, 6.45) is 1.78. The molecule has 1 aromatic heterocycles. The Balaban J connectivity index is 1.18. The Morgan fingerprint density at radius 1 is 1.00 bits per heavy atom. The van der Waals surface area contributed by atoms with Crippen LogP contribution in [0.1, 0.15) is 56.5 Å². The number of fused-ring (bicyclic) bond motifs is 1. The maximum atomic E-state index is 13.1. The van der Waals surface area contributed by atoms with Crippen LogP contribution < -0.4 is 10.2 Å². The molecule has 1 atom stereocenters. The van der Waals surface area contributed by atoms with E-state index in [-0.39, 0.29) is 29.3 Å². The monoisotopic (exact) mass is 541 g/mol. The number of morpholine rings is 1. The lowest BCUT2D eigenvalue weighted by atomic mass is 10.0. The number of nitrogens with zero attached hydrogens (tertiary/aromatic N) is 6. The van der Waals surface area contributed by atoms with E-state index in [0.29, 0.717) is 62.4 Å². The van der Waals surface area contributed by atoms with Crippen LogP contribution in [-0.4, -0.2) is 88.0 Å². The van der Waals surface area contributed by atoms with E-state index in [9.17, 15) is 14.4 Å². The van der Waals surface area contributed by atoms with Crippen LogP contribution >= 0.6 is 0 Å². The van der Waals surface area contributed by atoms with Crippen molar-refractivity contribution in [1.82, 2.24) is 25.0 Å². The zero-order valence-electron chi connectivity index (χ0n) is 22.4. The van der Waals surface area contributed by atoms with Crippen molar-refractivity contribution in [3.8, 4) is 0 Å². The van der Waals surface area contributed by atoms with Crippen molar-refractivity contribution in [1.29, 1.82) is 0 Å². The summed E-state index contributed by atoms with van der Waals surface area (Å²) >= 11 is 0. The third-order valence-electron chi connectivity index (χ3n) is 7.67. The lowest BCUT2D eigenvalue weighted by molar-refractivity contribution is 0.0303. The summed E-state index contributed by atoms with van der Waals surface area (Å²) in [4.78, 5) is 48.6.